The number of hydrogen-bond donors (Lipinski definition) is 1. The maximum Gasteiger partial charge on any atom is 0.332 e. The number of nitrogens with zero attached hydrogens (tertiary/aromatic N) is 3. The third kappa shape index (κ3) is 4.10. The van der Waals surface area contributed by atoms with Crippen molar-refractivity contribution in [2.45, 2.75) is 13.5 Å². The van der Waals surface area contributed by atoms with Crippen LogP contribution in [-0.2, 0) is 6.61 Å². The van der Waals surface area contributed by atoms with E-state index in [9.17, 15) is 13.6 Å². The maximum absolute atomic E-state index is 14.4. The van der Waals surface area contributed by atoms with Crippen molar-refractivity contribution >= 4 is 22.8 Å². The number of fused-ring (bicyclic) bond motifs is 1. The number of rotatable bonds is 8. The number of halogens is 3. The van der Waals surface area contributed by atoms with Gasteiger partial charge in [0.15, 0.2) is 28.8 Å². The van der Waals surface area contributed by atoms with E-state index < -0.39 is 17.3 Å². The van der Waals surface area contributed by atoms with Gasteiger partial charge in [0.2, 0.25) is 5.88 Å². The van der Waals surface area contributed by atoms with Crippen molar-refractivity contribution in [1.29, 1.82) is 0 Å². The largest absolute Gasteiger partial charge is 0.496 e. The molecule has 0 aliphatic carbocycles. The SMILES string of the molecule is CCOc1ncnc2c1[nH]c(=O)n2-c1cc(OCc2c(OC)ccc(F)c2F)c(OC)cc1Cl. The minimum absolute atomic E-state index is 0.111. The van der Waals surface area contributed by atoms with Crippen LogP contribution >= 0.6 is 11.6 Å². The van der Waals surface area contributed by atoms with Crippen LogP contribution in [0.1, 0.15) is 12.5 Å². The topological polar surface area (TPSA) is 100 Å². The molecule has 34 heavy (non-hydrogen) atoms. The maximum atomic E-state index is 14.4. The van der Waals surface area contributed by atoms with Crippen molar-refractivity contribution in [2.75, 3.05) is 20.8 Å². The first-order valence-electron chi connectivity index (χ1n) is 9.99. The molecular weight excluding hydrogens is 474 g/mol. The third-order valence-electron chi connectivity index (χ3n) is 4.94. The molecule has 2 aromatic heterocycles. The Morgan fingerprint density at radius 2 is 1.82 bits per heavy atom. The minimum Gasteiger partial charge on any atom is -0.496 e. The summed E-state index contributed by atoms with van der Waals surface area (Å²) in [5.41, 5.74) is 0.0443. The van der Waals surface area contributed by atoms with E-state index in [-0.39, 0.29) is 57.2 Å². The van der Waals surface area contributed by atoms with E-state index in [0.717, 1.165) is 6.07 Å². The molecule has 12 heteroatoms. The zero-order valence-corrected chi connectivity index (χ0v) is 19.1. The normalized spacial score (nSPS) is 11.0. The van der Waals surface area contributed by atoms with Gasteiger partial charge >= 0.3 is 5.69 Å². The lowest BCUT2D eigenvalue weighted by Gasteiger charge is -2.16. The molecular formula is C22H19ClF2N4O5. The van der Waals surface area contributed by atoms with Crippen molar-refractivity contribution in [1.82, 2.24) is 19.5 Å². The van der Waals surface area contributed by atoms with E-state index in [1.807, 2.05) is 0 Å². The van der Waals surface area contributed by atoms with Crippen molar-refractivity contribution < 1.29 is 27.7 Å². The van der Waals surface area contributed by atoms with Gasteiger partial charge in [0.05, 0.1) is 37.1 Å². The van der Waals surface area contributed by atoms with Crippen molar-refractivity contribution in [2.24, 2.45) is 0 Å². The standard InChI is InChI=1S/C22H19ClF2N4O5/c1-4-33-21-19-20(26-10-27-21)29(22(30)28-19)14-8-17(16(32-3)7-12(14)23)34-9-11-15(31-2)6-5-13(24)18(11)25/h5-8,10H,4,9H2,1-3H3,(H,28,30). The molecule has 9 nitrogen and oxygen atoms in total. The van der Waals surface area contributed by atoms with Crippen molar-refractivity contribution in [3.8, 4) is 28.8 Å². The fourth-order valence-corrected chi connectivity index (χ4v) is 3.63. The predicted octanol–water partition coefficient (Wildman–Crippen LogP) is 4.04. The Bertz CT molecular complexity index is 1420. The molecule has 4 aromatic rings. The van der Waals surface area contributed by atoms with Gasteiger partial charge in [0, 0.05) is 12.1 Å². The molecule has 1 N–H and O–H groups in total. The summed E-state index contributed by atoms with van der Waals surface area (Å²) in [6.07, 6.45) is 1.25. The number of H-pyrrole nitrogens is 1. The van der Waals surface area contributed by atoms with E-state index in [2.05, 4.69) is 15.0 Å². The van der Waals surface area contributed by atoms with E-state index >= 15 is 0 Å². The zero-order valence-electron chi connectivity index (χ0n) is 18.3. The molecule has 2 aromatic carbocycles. The van der Waals surface area contributed by atoms with Gasteiger partial charge in [-0.1, -0.05) is 11.6 Å². The van der Waals surface area contributed by atoms with Gasteiger partial charge in [-0.3, -0.25) is 4.98 Å². The van der Waals surface area contributed by atoms with Crippen LogP contribution < -0.4 is 24.6 Å². The summed E-state index contributed by atoms with van der Waals surface area (Å²) >= 11 is 6.44. The molecule has 0 bridgehead atoms. The predicted molar refractivity (Wildman–Crippen MR) is 119 cm³/mol. The lowest BCUT2D eigenvalue weighted by molar-refractivity contribution is 0.270. The van der Waals surface area contributed by atoms with Crippen LogP contribution in [0.25, 0.3) is 16.9 Å². The van der Waals surface area contributed by atoms with E-state index in [1.165, 1.54) is 43.3 Å². The second-order valence-electron chi connectivity index (χ2n) is 6.86. The highest BCUT2D eigenvalue weighted by atomic mass is 35.5. The quantitative estimate of drug-likeness (QED) is 0.396. The molecule has 2 heterocycles. The average molecular weight is 493 g/mol. The average Bonchev–Trinajstić information content (AvgIpc) is 3.17. The summed E-state index contributed by atoms with van der Waals surface area (Å²) in [4.78, 5) is 23.7. The Kier molecular flexibility index (Phi) is 6.55. The van der Waals surface area contributed by atoms with Gasteiger partial charge in [-0.05, 0) is 19.1 Å². The van der Waals surface area contributed by atoms with Crippen molar-refractivity contribution in [3.05, 3.63) is 63.3 Å². The first-order valence-corrected chi connectivity index (χ1v) is 10.4. The summed E-state index contributed by atoms with van der Waals surface area (Å²) < 4.78 is 51.0. The number of aromatic nitrogens is 4. The number of methoxy groups -OCH3 is 2. The highest BCUT2D eigenvalue weighted by Crippen LogP contribution is 2.37. The Morgan fingerprint density at radius 1 is 1.06 bits per heavy atom. The molecule has 0 saturated carbocycles. The molecule has 0 aliphatic rings. The number of aromatic amines is 1. The van der Waals surface area contributed by atoms with E-state index in [4.69, 9.17) is 30.5 Å². The van der Waals surface area contributed by atoms with Gasteiger partial charge < -0.3 is 18.9 Å². The highest BCUT2D eigenvalue weighted by molar-refractivity contribution is 6.32. The molecule has 0 radical (unpaired) electrons. The lowest BCUT2D eigenvalue weighted by atomic mass is 10.2. The summed E-state index contributed by atoms with van der Waals surface area (Å²) in [6.45, 7) is 1.73. The Morgan fingerprint density at radius 3 is 2.53 bits per heavy atom. The van der Waals surface area contributed by atoms with Crippen LogP contribution in [0.3, 0.4) is 0 Å². The van der Waals surface area contributed by atoms with Gasteiger partial charge in [-0.15, -0.1) is 0 Å². The number of benzene rings is 2. The lowest BCUT2D eigenvalue weighted by Crippen LogP contribution is -2.15. The third-order valence-corrected chi connectivity index (χ3v) is 5.24. The zero-order chi connectivity index (χ0) is 24.4. The number of imidazole rings is 1. The van der Waals surface area contributed by atoms with Gasteiger partial charge in [0.25, 0.3) is 0 Å². The van der Waals surface area contributed by atoms with Crippen LogP contribution in [-0.4, -0.2) is 40.3 Å². The Hall–Kier alpha value is -3.86. The van der Waals surface area contributed by atoms with Gasteiger partial charge in [-0.2, -0.15) is 4.98 Å². The summed E-state index contributed by atoms with van der Waals surface area (Å²) in [5, 5.41) is 0.151. The number of hydrogen-bond acceptors (Lipinski definition) is 7. The first-order chi connectivity index (χ1) is 16.4. The smallest absolute Gasteiger partial charge is 0.332 e. The molecule has 0 unspecified atom stereocenters. The summed E-state index contributed by atoms with van der Waals surface area (Å²) in [5.74, 6) is -1.49. The molecule has 178 valence electrons. The van der Waals surface area contributed by atoms with Gasteiger partial charge in [0.1, 0.15) is 24.2 Å². The minimum atomic E-state index is -1.10. The number of ether oxygens (including phenoxy) is 4. The molecule has 0 spiro atoms. The van der Waals surface area contributed by atoms with Gasteiger partial charge in [-0.25, -0.2) is 23.1 Å². The summed E-state index contributed by atoms with van der Waals surface area (Å²) in [6, 6.07) is 5.12. The Labute approximate surface area is 196 Å². The van der Waals surface area contributed by atoms with Crippen LogP contribution in [0.15, 0.2) is 35.4 Å². The second-order valence-corrected chi connectivity index (χ2v) is 7.27. The fourth-order valence-electron chi connectivity index (χ4n) is 3.39. The first kappa shape index (κ1) is 23.3. The van der Waals surface area contributed by atoms with E-state index in [1.54, 1.807) is 6.92 Å². The highest BCUT2D eigenvalue weighted by Gasteiger charge is 2.21. The second kappa shape index (κ2) is 9.56. The van der Waals surface area contributed by atoms with Crippen LogP contribution in [0.4, 0.5) is 8.78 Å². The van der Waals surface area contributed by atoms with Crippen molar-refractivity contribution in [3.63, 3.8) is 0 Å². The summed E-state index contributed by atoms with van der Waals surface area (Å²) in [7, 11) is 2.72. The molecule has 0 amide bonds. The van der Waals surface area contributed by atoms with Crippen LogP contribution in [0.5, 0.6) is 23.1 Å². The van der Waals surface area contributed by atoms with E-state index in [0.29, 0.717) is 6.61 Å². The monoisotopic (exact) mass is 492 g/mol. The van der Waals surface area contributed by atoms with Crippen LogP contribution in [0, 0.1) is 11.6 Å². The molecule has 0 saturated heterocycles. The fraction of sp³-hybridized carbons (Fsp3) is 0.227. The molecule has 0 aliphatic heterocycles. The number of nitrogens with one attached hydrogen (secondary N) is 1. The Balaban J connectivity index is 1.80. The molecule has 0 atom stereocenters. The van der Waals surface area contributed by atoms with Crippen LogP contribution in [0.2, 0.25) is 5.02 Å². The molecule has 0 fully saturated rings. The molecule has 4 rings (SSSR count).